The molecule has 1 unspecified atom stereocenters. The third-order valence-electron chi connectivity index (χ3n) is 5.42. The van der Waals surface area contributed by atoms with Gasteiger partial charge in [0.15, 0.2) is 17.7 Å². The van der Waals surface area contributed by atoms with Crippen LogP contribution in [0.3, 0.4) is 0 Å². The molecule has 1 atom stereocenters. The van der Waals surface area contributed by atoms with Gasteiger partial charge in [-0.05, 0) is 46.1 Å². The minimum Gasteiger partial charge on any atom is -0.503 e. The van der Waals surface area contributed by atoms with Crippen molar-refractivity contribution in [1.29, 1.82) is 0 Å². The highest BCUT2D eigenvalue weighted by molar-refractivity contribution is 6.02. The number of nitrogens with one attached hydrogen (secondary N) is 1. The zero-order chi connectivity index (χ0) is 27.5. The number of aliphatic imine (C=N–C) groups is 1. The van der Waals surface area contributed by atoms with Crippen LogP contribution >= 0.6 is 0 Å². The number of carbonyl (C=O) groups excluding carboxylic acids is 3. The number of halogens is 1. The number of amidine groups is 1. The fraction of sp³-hybridized carbons (Fsp3) is 0.615. The maximum atomic E-state index is 13.3. The molecule has 36 heavy (non-hydrogen) atoms. The molecule has 0 spiro atoms. The van der Waals surface area contributed by atoms with Gasteiger partial charge in [0, 0.05) is 33.6 Å². The number of hydrogen-bond donors (Lipinski definition) is 2. The van der Waals surface area contributed by atoms with Crippen molar-refractivity contribution >= 4 is 24.1 Å². The molecule has 9 nitrogen and oxygen atoms in total. The number of nitrogens with zero attached hydrogens (tertiary/aromatic N) is 3. The summed E-state index contributed by atoms with van der Waals surface area (Å²) >= 11 is 0. The average Bonchev–Trinajstić information content (AvgIpc) is 2.81. The first-order valence-electron chi connectivity index (χ1n) is 12.3. The second-order valence-corrected chi connectivity index (χ2v) is 9.76. The molecule has 10 heteroatoms. The molecule has 0 aromatic rings. The van der Waals surface area contributed by atoms with Gasteiger partial charge in [-0.1, -0.05) is 31.9 Å². The molecule has 1 rings (SSSR count). The summed E-state index contributed by atoms with van der Waals surface area (Å²) in [4.78, 5) is 45.0. The van der Waals surface area contributed by atoms with Gasteiger partial charge in [-0.3, -0.25) is 9.59 Å². The first-order chi connectivity index (χ1) is 16.8. The Hall–Kier alpha value is -3.17. The number of aliphatic hydroxyl groups excluding tert-OH is 1. The van der Waals surface area contributed by atoms with Crippen LogP contribution in [-0.2, 0) is 14.3 Å². The van der Waals surface area contributed by atoms with Crippen molar-refractivity contribution in [1.82, 2.24) is 15.1 Å². The monoisotopic (exact) mass is 508 g/mol. The van der Waals surface area contributed by atoms with Gasteiger partial charge in [0.25, 0.3) is 5.91 Å². The summed E-state index contributed by atoms with van der Waals surface area (Å²) in [5.74, 6) is -1.47. The third-order valence-corrected chi connectivity index (χ3v) is 5.42. The molecule has 0 saturated heterocycles. The Balaban J connectivity index is 3.41. The zero-order valence-electron chi connectivity index (χ0n) is 22.6. The summed E-state index contributed by atoms with van der Waals surface area (Å²) in [5.41, 5.74) is -0.364. The Morgan fingerprint density at radius 3 is 2.39 bits per heavy atom. The number of carbonyl (C=O) groups is 3. The van der Waals surface area contributed by atoms with E-state index >= 15 is 0 Å². The Bertz CT molecular complexity index is 918. The molecule has 0 radical (unpaired) electrons. The van der Waals surface area contributed by atoms with Crippen molar-refractivity contribution in [2.24, 2.45) is 4.99 Å². The minimum absolute atomic E-state index is 0.115. The van der Waals surface area contributed by atoms with Gasteiger partial charge < -0.3 is 25.0 Å². The van der Waals surface area contributed by atoms with E-state index in [1.54, 1.807) is 45.8 Å². The topological polar surface area (TPSA) is 112 Å². The molecule has 2 N–H and O–H groups in total. The van der Waals surface area contributed by atoms with E-state index in [2.05, 4.69) is 10.3 Å². The number of amides is 2. The second-order valence-electron chi connectivity index (χ2n) is 9.76. The van der Waals surface area contributed by atoms with E-state index in [0.717, 1.165) is 12.0 Å². The standard InChI is InChI=1S/C26H41FN4O5/c1-8-10-20(31(7)25(35)36-26(3,4)5)23(30(6)15-9-2)29-22(21(33)17-32)24(34)28-16-18-11-13-19(27)14-12-18/h11,13,17,20,33H,8-10,12,14-16H2,1-7H3,(H,28,34)/b22-21+,29-23?. The first kappa shape index (κ1) is 30.9. The van der Waals surface area contributed by atoms with Crippen LogP contribution in [0.15, 0.2) is 40.0 Å². The summed E-state index contributed by atoms with van der Waals surface area (Å²) in [5, 5.41) is 12.9. The molecule has 0 saturated carbocycles. The molecule has 0 aromatic carbocycles. The molecule has 0 bridgehead atoms. The van der Waals surface area contributed by atoms with Gasteiger partial charge in [-0.15, -0.1) is 0 Å². The molecule has 0 aliphatic heterocycles. The quantitative estimate of drug-likeness (QED) is 0.141. The van der Waals surface area contributed by atoms with Gasteiger partial charge >= 0.3 is 6.09 Å². The molecule has 0 fully saturated rings. The number of hydrogen-bond acceptors (Lipinski definition) is 6. The van der Waals surface area contributed by atoms with E-state index < -0.39 is 35.1 Å². The van der Waals surface area contributed by atoms with E-state index in [-0.39, 0.29) is 25.1 Å². The van der Waals surface area contributed by atoms with Crippen molar-refractivity contribution in [2.75, 3.05) is 27.2 Å². The third kappa shape index (κ3) is 9.83. The lowest BCUT2D eigenvalue weighted by Crippen LogP contribution is -2.50. The van der Waals surface area contributed by atoms with Crippen LogP contribution in [0.5, 0.6) is 0 Å². The van der Waals surface area contributed by atoms with E-state index in [0.29, 0.717) is 31.6 Å². The smallest absolute Gasteiger partial charge is 0.410 e. The second kappa shape index (κ2) is 14.4. The largest absolute Gasteiger partial charge is 0.503 e. The van der Waals surface area contributed by atoms with Crippen molar-refractivity contribution in [3.05, 3.63) is 35.0 Å². The molecule has 202 valence electrons. The lowest BCUT2D eigenvalue weighted by Gasteiger charge is -2.35. The summed E-state index contributed by atoms with van der Waals surface area (Å²) in [6, 6.07) is -0.585. The van der Waals surface area contributed by atoms with Crippen LogP contribution in [0.1, 0.15) is 66.7 Å². The highest BCUT2D eigenvalue weighted by atomic mass is 19.1. The van der Waals surface area contributed by atoms with E-state index in [1.807, 2.05) is 13.8 Å². The number of allylic oxidation sites excluding steroid dienone is 4. The predicted octanol–water partition coefficient (Wildman–Crippen LogP) is 4.42. The predicted molar refractivity (Wildman–Crippen MR) is 138 cm³/mol. The van der Waals surface area contributed by atoms with Crippen molar-refractivity contribution in [2.45, 2.75) is 78.4 Å². The number of aliphatic hydroxyl groups is 1. The SMILES string of the molecule is CCCC(C(=N/C(C(=O)NCC1=CC=C(F)CC1)=C(/O)C=O)N(C)CCC)N(C)C(=O)OC(C)(C)C. The van der Waals surface area contributed by atoms with Crippen LogP contribution in [0.4, 0.5) is 9.18 Å². The Kier molecular flexibility index (Phi) is 12.3. The fourth-order valence-corrected chi connectivity index (χ4v) is 3.57. The Morgan fingerprint density at radius 2 is 1.89 bits per heavy atom. The summed E-state index contributed by atoms with van der Waals surface area (Å²) < 4.78 is 18.8. The molecule has 1 aliphatic rings. The van der Waals surface area contributed by atoms with Gasteiger partial charge in [-0.2, -0.15) is 0 Å². The van der Waals surface area contributed by atoms with Crippen LogP contribution < -0.4 is 5.32 Å². The van der Waals surface area contributed by atoms with E-state index in [9.17, 15) is 23.9 Å². The van der Waals surface area contributed by atoms with Crippen LogP contribution in [0, 0.1) is 0 Å². The molecule has 0 aromatic heterocycles. The number of rotatable bonds is 11. The molecular weight excluding hydrogens is 467 g/mol. The van der Waals surface area contributed by atoms with E-state index in [1.165, 1.54) is 11.0 Å². The molecule has 1 aliphatic carbocycles. The lowest BCUT2D eigenvalue weighted by molar-refractivity contribution is -0.118. The van der Waals surface area contributed by atoms with Crippen molar-refractivity contribution in [3.8, 4) is 0 Å². The van der Waals surface area contributed by atoms with Crippen LogP contribution in [0.25, 0.3) is 0 Å². The number of likely N-dealkylation sites (N-methyl/N-ethyl adjacent to an activating group) is 2. The Labute approximate surface area is 213 Å². The highest BCUT2D eigenvalue weighted by Crippen LogP contribution is 2.20. The Morgan fingerprint density at radius 1 is 1.22 bits per heavy atom. The number of ether oxygens (including phenoxy) is 1. The van der Waals surface area contributed by atoms with Crippen LogP contribution in [-0.4, -0.2) is 77.9 Å². The van der Waals surface area contributed by atoms with E-state index in [4.69, 9.17) is 4.74 Å². The summed E-state index contributed by atoms with van der Waals surface area (Å²) in [6.45, 7) is 9.91. The van der Waals surface area contributed by atoms with Gasteiger partial charge in [0.1, 0.15) is 17.3 Å². The highest BCUT2D eigenvalue weighted by Gasteiger charge is 2.31. The van der Waals surface area contributed by atoms with Gasteiger partial charge in [0.2, 0.25) is 0 Å². The van der Waals surface area contributed by atoms with Crippen molar-refractivity contribution in [3.63, 3.8) is 0 Å². The molecule has 2 amide bonds. The maximum absolute atomic E-state index is 13.3. The first-order valence-corrected chi connectivity index (χ1v) is 12.3. The van der Waals surface area contributed by atoms with Gasteiger partial charge in [0.05, 0.1) is 6.04 Å². The summed E-state index contributed by atoms with van der Waals surface area (Å²) in [6.07, 6.45) is 5.20. The number of aldehydes is 1. The molecule has 0 heterocycles. The maximum Gasteiger partial charge on any atom is 0.410 e. The van der Waals surface area contributed by atoms with Crippen LogP contribution in [0.2, 0.25) is 0 Å². The fourth-order valence-electron chi connectivity index (χ4n) is 3.57. The normalized spacial score (nSPS) is 15.7. The lowest BCUT2D eigenvalue weighted by atomic mass is 10.0. The van der Waals surface area contributed by atoms with Gasteiger partial charge in [-0.25, -0.2) is 14.2 Å². The summed E-state index contributed by atoms with van der Waals surface area (Å²) in [7, 11) is 3.37. The average molecular weight is 509 g/mol. The van der Waals surface area contributed by atoms with Crippen molar-refractivity contribution < 1.29 is 28.6 Å². The minimum atomic E-state index is -0.825. The molecular formula is C26H41FN4O5. The zero-order valence-corrected chi connectivity index (χ0v) is 22.6.